The molecule has 8 heteroatoms. The van der Waals surface area contributed by atoms with Crippen LogP contribution in [-0.2, 0) is 24.1 Å². The van der Waals surface area contributed by atoms with Crippen LogP contribution < -0.4 is 10.1 Å². The van der Waals surface area contributed by atoms with Crippen LogP contribution in [0.4, 0.5) is 5.69 Å². The third kappa shape index (κ3) is 3.61. The van der Waals surface area contributed by atoms with Crippen molar-refractivity contribution < 1.29 is 19.1 Å². The van der Waals surface area contributed by atoms with Gasteiger partial charge in [-0.3, -0.25) is 19.3 Å². The molecule has 2 bridgehead atoms. The lowest BCUT2D eigenvalue weighted by Gasteiger charge is -2.54. The maximum Gasteiger partial charge on any atom is 0.247 e. The van der Waals surface area contributed by atoms with E-state index in [0.717, 1.165) is 32.7 Å². The summed E-state index contributed by atoms with van der Waals surface area (Å²) in [5, 5.41) is 2.82. The van der Waals surface area contributed by atoms with Crippen LogP contribution in [0, 0.1) is 18.8 Å². The minimum absolute atomic E-state index is 0.501. The minimum Gasteiger partial charge on any atom is -0.457 e. The number of hydrogen-bond donors (Lipinski definition) is 1. The highest BCUT2D eigenvalue weighted by Gasteiger charge is 2.73. The van der Waals surface area contributed by atoms with E-state index in [1.807, 2.05) is 79.7 Å². The third-order valence-corrected chi connectivity index (χ3v) is 10.0. The number of anilines is 1. The van der Waals surface area contributed by atoms with Gasteiger partial charge in [0.2, 0.25) is 17.7 Å². The first kappa shape index (κ1) is 26.7. The van der Waals surface area contributed by atoms with Crippen molar-refractivity contribution in [3.05, 3.63) is 125 Å². The van der Waals surface area contributed by atoms with Crippen LogP contribution in [0.2, 0.25) is 0 Å². The highest BCUT2D eigenvalue weighted by Crippen LogP contribution is 2.69. The molecule has 0 aromatic heterocycles. The highest BCUT2D eigenvalue weighted by atomic mass is 35.5. The number of imide groups is 1. The summed E-state index contributed by atoms with van der Waals surface area (Å²) in [6, 6.07) is 28.4. The predicted octanol–water partition coefficient (Wildman–Crippen LogP) is 6.71. The number of nitrogens with one attached hydrogen (secondary N) is 1. The molecule has 0 saturated carbocycles. The lowest BCUT2D eigenvalue weighted by Crippen LogP contribution is -2.57. The van der Waals surface area contributed by atoms with Crippen molar-refractivity contribution in [2.24, 2.45) is 11.8 Å². The van der Waals surface area contributed by atoms with E-state index in [-0.39, 0.29) is 0 Å². The number of halogens is 2. The molecule has 1 heterocycles. The maximum atomic E-state index is 14.1. The number of nitrogens with zero attached hydrogens (tertiary/aromatic N) is 1. The summed E-state index contributed by atoms with van der Waals surface area (Å²) in [6.45, 7) is 3.55. The van der Waals surface area contributed by atoms with Crippen LogP contribution in [-0.4, -0.2) is 28.7 Å². The van der Waals surface area contributed by atoms with E-state index in [0.29, 0.717) is 17.2 Å². The predicted molar refractivity (Wildman–Crippen MR) is 161 cm³/mol. The first-order chi connectivity index (χ1) is 20.2. The Hall–Kier alpha value is -4.13. The first-order valence-corrected chi connectivity index (χ1v) is 14.5. The number of alkyl halides is 2. The number of carbonyl (C=O) groups is 3. The molecule has 1 fully saturated rings. The van der Waals surface area contributed by atoms with Gasteiger partial charge in [-0.05, 0) is 72.5 Å². The Balaban J connectivity index is 1.16. The van der Waals surface area contributed by atoms with Gasteiger partial charge in [0.05, 0.1) is 11.8 Å². The van der Waals surface area contributed by atoms with E-state index in [2.05, 4.69) is 5.32 Å². The molecule has 4 aromatic carbocycles. The topological polar surface area (TPSA) is 75.7 Å². The number of carbonyl (C=O) groups excluding carboxylic acids is 3. The summed E-state index contributed by atoms with van der Waals surface area (Å²) in [6.07, 6.45) is 0. The van der Waals surface area contributed by atoms with E-state index < -0.39 is 45.3 Å². The van der Waals surface area contributed by atoms with E-state index in [4.69, 9.17) is 27.9 Å². The molecule has 3 amide bonds. The van der Waals surface area contributed by atoms with Crippen molar-refractivity contribution in [3.63, 3.8) is 0 Å². The van der Waals surface area contributed by atoms with Crippen LogP contribution in [0.5, 0.6) is 11.5 Å². The molecule has 42 heavy (non-hydrogen) atoms. The Bertz CT molecular complexity index is 1650. The number of aryl methyl sites for hydroxylation is 1. The van der Waals surface area contributed by atoms with Gasteiger partial charge in [0, 0.05) is 5.69 Å². The fraction of sp³-hybridized carbons (Fsp3) is 0.206. The molecule has 0 unspecified atom stereocenters. The van der Waals surface area contributed by atoms with E-state index >= 15 is 0 Å². The first-order valence-electron chi connectivity index (χ1n) is 13.8. The van der Waals surface area contributed by atoms with Gasteiger partial charge >= 0.3 is 0 Å². The quantitative estimate of drug-likeness (QED) is 0.205. The van der Waals surface area contributed by atoms with Crippen molar-refractivity contribution in [1.82, 2.24) is 4.90 Å². The lowest BCUT2D eigenvalue weighted by molar-refractivity contribution is -0.146. The lowest BCUT2D eigenvalue weighted by atomic mass is 9.54. The molecule has 1 aliphatic heterocycles. The zero-order valence-corrected chi connectivity index (χ0v) is 24.3. The Morgan fingerprint density at radius 3 is 1.57 bits per heavy atom. The van der Waals surface area contributed by atoms with Crippen LogP contribution in [0.1, 0.15) is 34.7 Å². The van der Waals surface area contributed by atoms with E-state index in [9.17, 15) is 14.4 Å². The van der Waals surface area contributed by atoms with Gasteiger partial charge in [-0.1, -0.05) is 66.2 Å². The average Bonchev–Trinajstić information content (AvgIpc) is 3.28. The van der Waals surface area contributed by atoms with E-state index in [1.54, 1.807) is 31.2 Å². The normalized spacial score (nSPS) is 25.9. The number of hydrogen-bond acceptors (Lipinski definition) is 4. The molecule has 1 saturated heterocycles. The van der Waals surface area contributed by atoms with Gasteiger partial charge in [0.1, 0.15) is 27.3 Å². The van der Waals surface area contributed by atoms with Crippen LogP contribution >= 0.6 is 23.2 Å². The van der Waals surface area contributed by atoms with Crippen LogP contribution in [0.3, 0.4) is 0 Å². The summed E-state index contributed by atoms with van der Waals surface area (Å²) in [7, 11) is 0. The molecular formula is C34H26Cl2N2O4. The van der Waals surface area contributed by atoms with Crippen molar-refractivity contribution in [2.75, 3.05) is 5.32 Å². The average molecular weight is 597 g/mol. The molecule has 3 atom stereocenters. The highest BCUT2D eigenvalue weighted by molar-refractivity contribution is 6.36. The number of benzene rings is 4. The van der Waals surface area contributed by atoms with E-state index in [1.165, 1.54) is 0 Å². The van der Waals surface area contributed by atoms with Gasteiger partial charge in [-0.25, -0.2) is 0 Å². The largest absolute Gasteiger partial charge is 0.457 e. The minimum atomic E-state index is -1.29. The van der Waals surface area contributed by atoms with Gasteiger partial charge in [-0.15, -0.1) is 23.2 Å². The number of rotatable bonds is 5. The van der Waals surface area contributed by atoms with Crippen LogP contribution in [0.25, 0.3) is 0 Å². The molecular weight excluding hydrogens is 571 g/mol. The second-order valence-corrected chi connectivity index (χ2v) is 12.3. The fourth-order valence-electron chi connectivity index (χ4n) is 6.78. The maximum absolute atomic E-state index is 14.1. The molecule has 8 rings (SSSR count). The van der Waals surface area contributed by atoms with Crippen molar-refractivity contribution in [3.8, 4) is 11.5 Å². The van der Waals surface area contributed by atoms with Gasteiger partial charge in [0.25, 0.3) is 0 Å². The Morgan fingerprint density at radius 1 is 0.738 bits per heavy atom. The molecule has 0 spiro atoms. The monoisotopic (exact) mass is 596 g/mol. The second-order valence-electron chi connectivity index (χ2n) is 11.1. The van der Waals surface area contributed by atoms with Crippen molar-refractivity contribution in [2.45, 2.75) is 29.6 Å². The smallest absolute Gasteiger partial charge is 0.247 e. The zero-order valence-electron chi connectivity index (χ0n) is 22.8. The Morgan fingerprint density at radius 2 is 1.14 bits per heavy atom. The van der Waals surface area contributed by atoms with Crippen LogP contribution in [0.15, 0.2) is 97.1 Å². The summed E-state index contributed by atoms with van der Waals surface area (Å²) in [4.78, 5) is 40.1. The van der Waals surface area contributed by atoms with Crippen molar-refractivity contribution >= 4 is 46.6 Å². The molecule has 3 aliphatic carbocycles. The molecule has 0 radical (unpaired) electrons. The molecule has 6 nitrogen and oxygen atoms in total. The molecule has 4 aliphatic rings. The standard InChI is InChI=1S/C34H26Cl2N2O4/c1-19-11-15-22(16-12-19)42-23-17-13-21(14-18-23)37-30(39)20(2)38-31(40)28-29(32(38)41)34(36)25-8-4-3-7-24(25)33(28,35)26-9-5-6-10-27(26)34/h3-18,20,28-29H,1-2H3,(H,37,39)/t20-,28-,29+,33?,34?/m0/s1. The van der Waals surface area contributed by atoms with Gasteiger partial charge in [0.15, 0.2) is 0 Å². The van der Waals surface area contributed by atoms with Gasteiger partial charge < -0.3 is 10.1 Å². The number of amides is 3. The number of ether oxygens (including phenoxy) is 1. The fourth-order valence-corrected chi connectivity index (χ4v) is 7.88. The Kier molecular flexibility index (Phi) is 6.02. The second kappa shape index (κ2) is 9.45. The number of likely N-dealkylation sites (tertiary alicyclic amines) is 1. The molecule has 1 N–H and O–H groups in total. The Labute approximate surface area is 253 Å². The van der Waals surface area contributed by atoms with Crippen molar-refractivity contribution in [1.29, 1.82) is 0 Å². The summed E-state index contributed by atoms with van der Waals surface area (Å²) < 4.78 is 5.87. The van der Waals surface area contributed by atoms with Gasteiger partial charge in [-0.2, -0.15) is 0 Å². The molecule has 210 valence electrons. The molecule has 4 aromatic rings. The summed E-state index contributed by atoms with van der Waals surface area (Å²) in [5.41, 5.74) is 4.50. The summed E-state index contributed by atoms with van der Waals surface area (Å²) >= 11 is 14.9. The summed E-state index contributed by atoms with van der Waals surface area (Å²) in [5.74, 6) is -2.11. The zero-order chi connectivity index (χ0) is 29.4. The third-order valence-electron chi connectivity index (χ3n) is 8.76. The SMILES string of the molecule is Cc1ccc(Oc2ccc(NC(=O)[C@H](C)N3C(=O)[C@@H]4[C@H](C3=O)C3(Cl)c5ccccc5C4(Cl)c4ccccc43)cc2)cc1.